The van der Waals surface area contributed by atoms with Crippen molar-refractivity contribution in [2.75, 3.05) is 40.0 Å². The van der Waals surface area contributed by atoms with Crippen molar-refractivity contribution in [3.8, 4) is 11.5 Å². The van der Waals surface area contributed by atoms with E-state index in [4.69, 9.17) is 25.8 Å². The van der Waals surface area contributed by atoms with E-state index in [2.05, 4.69) is 15.6 Å². The van der Waals surface area contributed by atoms with Gasteiger partial charge >= 0.3 is 0 Å². The third-order valence-electron chi connectivity index (χ3n) is 3.08. The molecule has 136 valence electrons. The standard InChI is InChI=1S/C17H28ClN3O3/c1-5-19-17(20-8-9-23-6-2)21-12-13-10-14(18)16(24-7-3)15(11-13)22-4/h10-11H,5-9,12H2,1-4H3,(H2,19,20,21). The first-order valence-electron chi connectivity index (χ1n) is 8.25. The molecule has 0 spiro atoms. The molecule has 1 rings (SSSR count). The minimum Gasteiger partial charge on any atom is -0.493 e. The maximum absolute atomic E-state index is 6.29. The van der Waals surface area contributed by atoms with Crippen LogP contribution < -0.4 is 20.1 Å². The number of ether oxygens (including phenoxy) is 3. The van der Waals surface area contributed by atoms with E-state index in [1.807, 2.05) is 32.9 Å². The Labute approximate surface area is 149 Å². The average Bonchev–Trinajstić information content (AvgIpc) is 2.58. The number of nitrogens with one attached hydrogen (secondary N) is 2. The first kappa shape index (κ1) is 20.4. The number of methoxy groups -OCH3 is 1. The number of hydrogen-bond donors (Lipinski definition) is 2. The molecule has 0 bridgehead atoms. The van der Waals surface area contributed by atoms with Crippen molar-refractivity contribution in [3.63, 3.8) is 0 Å². The van der Waals surface area contributed by atoms with Crippen LogP contribution in [-0.2, 0) is 11.3 Å². The third-order valence-corrected chi connectivity index (χ3v) is 3.37. The van der Waals surface area contributed by atoms with Gasteiger partial charge < -0.3 is 24.8 Å². The van der Waals surface area contributed by atoms with Crippen LogP contribution in [-0.4, -0.2) is 46.0 Å². The van der Waals surface area contributed by atoms with E-state index in [1.165, 1.54) is 0 Å². The van der Waals surface area contributed by atoms with Crippen molar-refractivity contribution in [1.29, 1.82) is 0 Å². The summed E-state index contributed by atoms with van der Waals surface area (Å²) in [6, 6.07) is 3.74. The summed E-state index contributed by atoms with van der Waals surface area (Å²) < 4.78 is 16.2. The number of halogens is 1. The molecule has 1 aromatic carbocycles. The first-order valence-corrected chi connectivity index (χ1v) is 8.63. The highest BCUT2D eigenvalue weighted by Crippen LogP contribution is 2.36. The monoisotopic (exact) mass is 357 g/mol. The van der Waals surface area contributed by atoms with Crippen LogP contribution in [0.15, 0.2) is 17.1 Å². The summed E-state index contributed by atoms with van der Waals surface area (Å²) in [5.74, 6) is 1.92. The van der Waals surface area contributed by atoms with Gasteiger partial charge in [0.15, 0.2) is 17.5 Å². The summed E-state index contributed by atoms with van der Waals surface area (Å²) in [5, 5.41) is 6.95. The fourth-order valence-electron chi connectivity index (χ4n) is 2.05. The molecule has 0 saturated carbocycles. The molecule has 0 unspecified atom stereocenters. The molecule has 0 aromatic heterocycles. The summed E-state index contributed by atoms with van der Waals surface area (Å²) in [5.41, 5.74) is 0.947. The normalized spacial score (nSPS) is 11.3. The number of guanidine groups is 1. The summed E-state index contributed by atoms with van der Waals surface area (Å²) in [6.45, 7) is 9.75. The molecule has 6 nitrogen and oxygen atoms in total. The topological polar surface area (TPSA) is 64.1 Å². The highest BCUT2D eigenvalue weighted by molar-refractivity contribution is 6.32. The number of nitrogens with zero attached hydrogens (tertiary/aromatic N) is 1. The summed E-state index contributed by atoms with van der Waals surface area (Å²) in [7, 11) is 1.60. The molecule has 0 fully saturated rings. The number of aliphatic imine (C=N–C) groups is 1. The Bertz CT molecular complexity index is 524. The highest BCUT2D eigenvalue weighted by Gasteiger charge is 2.11. The Morgan fingerprint density at radius 3 is 2.58 bits per heavy atom. The van der Waals surface area contributed by atoms with Crippen LogP contribution in [0.1, 0.15) is 26.3 Å². The predicted molar refractivity (Wildman–Crippen MR) is 98.5 cm³/mol. The SMILES string of the molecule is CCNC(=NCc1cc(Cl)c(OCC)c(OC)c1)NCCOCC. The van der Waals surface area contributed by atoms with E-state index in [0.717, 1.165) is 18.1 Å². The maximum atomic E-state index is 6.29. The zero-order valence-corrected chi connectivity index (χ0v) is 15.7. The van der Waals surface area contributed by atoms with E-state index < -0.39 is 0 Å². The molecule has 24 heavy (non-hydrogen) atoms. The number of benzene rings is 1. The van der Waals surface area contributed by atoms with Crippen LogP contribution in [0.5, 0.6) is 11.5 Å². The summed E-state index contributed by atoms with van der Waals surface area (Å²) >= 11 is 6.29. The molecule has 2 N–H and O–H groups in total. The second kappa shape index (κ2) is 11.8. The summed E-state index contributed by atoms with van der Waals surface area (Å²) in [6.07, 6.45) is 0. The van der Waals surface area contributed by atoms with Crippen molar-refractivity contribution in [1.82, 2.24) is 10.6 Å². The molecule has 0 radical (unpaired) electrons. The number of hydrogen-bond acceptors (Lipinski definition) is 4. The van der Waals surface area contributed by atoms with Gasteiger partial charge in [-0.3, -0.25) is 0 Å². The van der Waals surface area contributed by atoms with Gasteiger partial charge in [-0.2, -0.15) is 0 Å². The maximum Gasteiger partial charge on any atom is 0.191 e. The fourth-order valence-corrected chi connectivity index (χ4v) is 2.33. The first-order chi connectivity index (χ1) is 11.7. The van der Waals surface area contributed by atoms with Crippen LogP contribution in [0.4, 0.5) is 0 Å². The van der Waals surface area contributed by atoms with Gasteiger partial charge in [-0.15, -0.1) is 0 Å². The van der Waals surface area contributed by atoms with E-state index in [-0.39, 0.29) is 0 Å². The molecule has 0 aliphatic carbocycles. The Balaban J connectivity index is 2.79. The van der Waals surface area contributed by atoms with Gasteiger partial charge in [-0.1, -0.05) is 11.6 Å². The van der Waals surface area contributed by atoms with Gasteiger partial charge in [0, 0.05) is 19.7 Å². The second-order valence-electron chi connectivity index (χ2n) is 4.86. The molecule has 0 saturated heterocycles. The van der Waals surface area contributed by atoms with Crippen LogP contribution >= 0.6 is 11.6 Å². The van der Waals surface area contributed by atoms with Crippen LogP contribution in [0.3, 0.4) is 0 Å². The largest absolute Gasteiger partial charge is 0.493 e. The van der Waals surface area contributed by atoms with E-state index >= 15 is 0 Å². The minimum atomic E-state index is 0.479. The van der Waals surface area contributed by atoms with Gasteiger partial charge in [0.2, 0.25) is 0 Å². The van der Waals surface area contributed by atoms with Gasteiger partial charge in [0.05, 0.1) is 31.9 Å². The Hall–Kier alpha value is -1.66. The van der Waals surface area contributed by atoms with Crippen LogP contribution in [0.25, 0.3) is 0 Å². The lowest BCUT2D eigenvalue weighted by atomic mass is 10.2. The molecule has 7 heteroatoms. The fraction of sp³-hybridized carbons (Fsp3) is 0.588. The molecular weight excluding hydrogens is 330 g/mol. The average molecular weight is 358 g/mol. The highest BCUT2D eigenvalue weighted by atomic mass is 35.5. The van der Waals surface area contributed by atoms with Crippen LogP contribution in [0, 0.1) is 0 Å². The Kier molecular flexibility index (Phi) is 10.0. The quantitative estimate of drug-likeness (QED) is 0.383. The summed E-state index contributed by atoms with van der Waals surface area (Å²) in [4.78, 5) is 4.56. The molecule has 0 aliphatic rings. The second-order valence-corrected chi connectivity index (χ2v) is 5.27. The Morgan fingerprint density at radius 1 is 1.17 bits per heavy atom. The molecule has 0 aliphatic heterocycles. The predicted octanol–water partition coefficient (Wildman–Crippen LogP) is 2.84. The molecular formula is C17H28ClN3O3. The molecule has 1 aromatic rings. The van der Waals surface area contributed by atoms with E-state index in [0.29, 0.717) is 49.4 Å². The lowest BCUT2D eigenvalue weighted by Gasteiger charge is -2.14. The zero-order chi connectivity index (χ0) is 17.8. The third kappa shape index (κ3) is 6.84. The Morgan fingerprint density at radius 2 is 1.96 bits per heavy atom. The molecule has 0 atom stereocenters. The van der Waals surface area contributed by atoms with Crippen molar-refractivity contribution in [3.05, 3.63) is 22.7 Å². The van der Waals surface area contributed by atoms with Gasteiger partial charge in [0.25, 0.3) is 0 Å². The van der Waals surface area contributed by atoms with Crippen LogP contribution in [0.2, 0.25) is 5.02 Å². The van der Waals surface area contributed by atoms with Crippen molar-refractivity contribution >= 4 is 17.6 Å². The lowest BCUT2D eigenvalue weighted by Crippen LogP contribution is -2.39. The van der Waals surface area contributed by atoms with Crippen molar-refractivity contribution in [2.45, 2.75) is 27.3 Å². The van der Waals surface area contributed by atoms with Gasteiger partial charge in [-0.05, 0) is 38.5 Å². The number of rotatable bonds is 10. The molecule has 0 heterocycles. The van der Waals surface area contributed by atoms with E-state index in [9.17, 15) is 0 Å². The smallest absolute Gasteiger partial charge is 0.191 e. The minimum absolute atomic E-state index is 0.479. The zero-order valence-electron chi connectivity index (χ0n) is 14.9. The van der Waals surface area contributed by atoms with Gasteiger partial charge in [0.1, 0.15) is 0 Å². The lowest BCUT2D eigenvalue weighted by molar-refractivity contribution is 0.152. The van der Waals surface area contributed by atoms with E-state index in [1.54, 1.807) is 7.11 Å². The van der Waals surface area contributed by atoms with Crippen molar-refractivity contribution in [2.24, 2.45) is 4.99 Å². The van der Waals surface area contributed by atoms with Crippen molar-refractivity contribution < 1.29 is 14.2 Å². The van der Waals surface area contributed by atoms with Gasteiger partial charge in [-0.25, -0.2) is 4.99 Å². The molecule has 0 amide bonds.